The molecule has 0 saturated heterocycles. The number of hydrogen-bond acceptors (Lipinski definition) is 4. The average Bonchev–Trinajstić information content (AvgIpc) is 2.60. The molecule has 0 spiro atoms. The highest BCUT2D eigenvalue weighted by Gasteiger charge is 2.16. The van der Waals surface area contributed by atoms with Crippen LogP contribution in [0.15, 0.2) is 65.7 Å². The number of pyridine rings is 1. The Balaban J connectivity index is 1.78. The number of anilines is 3. The zero-order chi connectivity index (χ0) is 18.7. The third-order valence-corrected chi connectivity index (χ3v) is 5.78. The molecule has 1 heterocycles. The van der Waals surface area contributed by atoms with Gasteiger partial charge < -0.3 is 5.32 Å². The van der Waals surface area contributed by atoms with Gasteiger partial charge >= 0.3 is 0 Å². The first-order valence-electron chi connectivity index (χ1n) is 8.24. The SMILES string of the molecule is Cc1ccccc1S(=O)(=O)Nc1ccc(Nc2cccc(C)c2C)cn1. The van der Waals surface area contributed by atoms with E-state index in [9.17, 15) is 8.42 Å². The molecule has 134 valence electrons. The first-order chi connectivity index (χ1) is 12.4. The molecule has 0 aliphatic carbocycles. The van der Waals surface area contributed by atoms with Crippen LogP contribution in [0.2, 0.25) is 0 Å². The van der Waals surface area contributed by atoms with Crippen molar-refractivity contribution < 1.29 is 8.42 Å². The topological polar surface area (TPSA) is 71.1 Å². The molecule has 3 rings (SSSR count). The number of sulfonamides is 1. The lowest BCUT2D eigenvalue weighted by molar-refractivity contribution is 0.600. The predicted molar refractivity (Wildman–Crippen MR) is 105 cm³/mol. The van der Waals surface area contributed by atoms with E-state index >= 15 is 0 Å². The van der Waals surface area contributed by atoms with Crippen LogP contribution in [0.1, 0.15) is 16.7 Å². The molecule has 0 bridgehead atoms. The molecule has 0 saturated carbocycles. The van der Waals surface area contributed by atoms with Crippen LogP contribution < -0.4 is 10.0 Å². The second-order valence-electron chi connectivity index (χ2n) is 6.18. The maximum absolute atomic E-state index is 12.5. The predicted octanol–water partition coefficient (Wildman–Crippen LogP) is 4.55. The Kier molecular flexibility index (Phi) is 4.95. The number of nitrogens with one attached hydrogen (secondary N) is 2. The number of hydrogen-bond donors (Lipinski definition) is 2. The van der Waals surface area contributed by atoms with Crippen LogP contribution in [-0.4, -0.2) is 13.4 Å². The third-order valence-electron chi connectivity index (χ3n) is 4.27. The van der Waals surface area contributed by atoms with E-state index in [2.05, 4.69) is 34.9 Å². The molecule has 0 fully saturated rings. The molecule has 0 radical (unpaired) electrons. The molecule has 0 amide bonds. The monoisotopic (exact) mass is 367 g/mol. The Morgan fingerprint density at radius 2 is 1.58 bits per heavy atom. The van der Waals surface area contributed by atoms with E-state index in [1.165, 1.54) is 5.56 Å². The van der Waals surface area contributed by atoms with Gasteiger partial charge in [0.05, 0.1) is 16.8 Å². The number of aromatic nitrogens is 1. The molecule has 6 heteroatoms. The minimum absolute atomic E-state index is 0.249. The minimum atomic E-state index is -3.66. The summed E-state index contributed by atoms with van der Waals surface area (Å²) in [5, 5.41) is 3.30. The Bertz CT molecular complexity index is 1030. The first-order valence-corrected chi connectivity index (χ1v) is 9.73. The average molecular weight is 367 g/mol. The first kappa shape index (κ1) is 17.9. The van der Waals surface area contributed by atoms with Crippen LogP contribution in [-0.2, 0) is 10.0 Å². The van der Waals surface area contributed by atoms with E-state index in [0.717, 1.165) is 16.9 Å². The Morgan fingerprint density at radius 1 is 0.846 bits per heavy atom. The second kappa shape index (κ2) is 7.17. The summed E-state index contributed by atoms with van der Waals surface area (Å²) in [6.45, 7) is 5.87. The highest BCUT2D eigenvalue weighted by molar-refractivity contribution is 7.92. The lowest BCUT2D eigenvalue weighted by Crippen LogP contribution is -2.15. The molecule has 2 N–H and O–H groups in total. The van der Waals surface area contributed by atoms with Crippen LogP contribution in [0.5, 0.6) is 0 Å². The molecule has 3 aromatic rings. The van der Waals surface area contributed by atoms with Crippen LogP contribution in [0.3, 0.4) is 0 Å². The molecule has 5 nitrogen and oxygen atoms in total. The Hall–Kier alpha value is -2.86. The highest BCUT2D eigenvalue weighted by Crippen LogP contribution is 2.23. The van der Waals surface area contributed by atoms with E-state index in [1.807, 2.05) is 12.1 Å². The van der Waals surface area contributed by atoms with Crippen LogP contribution in [0.4, 0.5) is 17.2 Å². The zero-order valence-corrected chi connectivity index (χ0v) is 15.8. The van der Waals surface area contributed by atoms with E-state index in [1.54, 1.807) is 49.5 Å². The fourth-order valence-electron chi connectivity index (χ4n) is 2.62. The van der Waals surface area contributed by atoms with Crippen molar-refractivity contribution in [2.75, 3.05) is 10.0 Å². The van der Waals surface area contributed by atoms with E-state index in [0.29, 0.717) is 5.56 Å². The van der Waals surface area contributed by atoms with Crippen molar-refractivity contribution in [1.29, 1.82) is 0 Å². The van der Waals surface area contributed by atoms with Crippen molar-refractivity contribution in [2.24, 2.45) is 0 Å². The van der Waals surface area contributed by atoms with Gasteiger partial charge in [0.2, 0.25) is 0 Å². The molecule has 0 aliphatic rings. The number of rotatable bonds is 5. The van der Waals surface area contributed by atoms with Gasteiger partial charge in [-0.3, -0.25) is 4.72 Å². The lowest BCUT2D eigenvalue weighted by Gasteiger charge is -2.12. The van der Waals surface area contributed by atoms with Crippen LogP contribution in [0.25, 0.3) is 0 Å². The van der Waals surface area contributed by atoms with Gasteiger partial charge in [-0.1, -0.05) is 30.3 Å². The van der Waals surface area contributed by atoms with Gasteiger partial charge in [-0.05, 0) is 61.7 Å². The van der Waals surface area contributed by atoms with Crippen LogP contribution in [0, 0.1) is 20.8 Å². The van der Waals surface area contributed by atoms with Crippen molar-refractivity contribution >= 4 is 27.2 Å². The van der Waals surface area contributed by atoms with Gasteiger partial charge in [0.25, 0.3) is 10.0 Å². The summed E-state index contributed by atoms with van der Waals surface area (Å²) in [6, 6.07) is 16.3. The molecule has 0 atom stereocenters. The molecule has 1 aromatic heterocycles. The Morgan fingerprint density at radius 3 is 2.27 bits per heavy atom. The van der Waals surface area contributed by atoms with Gasteiger partial charge in [0.1, 0.15) is 5.82 Å². The molecule has 26 heavy (non-hydrogen) atoms. The number of nitrogens with zero attached hydrogens (tertiary/aromatic N) is 1. The second-order valence-corrected chi connectivity index (χ2v) is 7.83. The summed E-state index contributed by atoms with van der Waals surface area (Å²) in [7, 11) is -3.66. The van der Waals surface area contributed by atoms with Gasteiger partial charge in [-0.15, -0.1) is 0 Å². The largest absolute Gasteiger partial charge is 0.354 e. The quantitative estimate of drug-likeness (QED) is 0.694. The summed E-state index contributed by atoms with van der Waals surface area (Å²) in [6.07, 6.45) is 1.61. The van der Waals surface area contributed by atoms with Crippen molar-refractivity contribution in [1.82, 2.24) is 4.98 Å². The van der Waals surface area contributed by atoms with Gasteiger partial charge in [0.15, 0.2) is 0 Å². The molecular weight excluding hydrogens is 346 g/mol. The highest BCUT2D eigenvalue weighted by atomic mass is 32.2. The zero-order valence-electron chi connectivity index (χ0n) is 14.9. The molecular formula is C20H21N3O2S. The van der Waals surface area contributed by atoms with Crippen molar-refractivity contribution in [3.63, 3.8) is 0 Å². The summed E-state index contributed by atoms with van der Waals surface area (Å²) >= 11 is 0. The summed E-state index contributed by atoms with van der Waals surface area (Å²) in [5.74, 6) is 0.278. The summed E-state index contributed by atoms with van der Waals surface area (Å²) < 4.78 is 27.5. The molecule has 0 unspecified atom stereocenters. The number of benzene rings is 2. The Labute approximate surface area is 154 Å². The van der Waals surface area contributed by atoms with Crippen LogP contribution >= 0.6 is 0 Å². The van der Waals surface area contributed by atoms with E-state index in [4.69, 9.17) is 0 Å². The maximum atomic E-state index is 12.5. The fourth-order valence-corrected chi connectivity index (χ4v) is 3.88. The lowest BCUT2D eigenvalue weighted by atomic mass is 10.1. The normalized spacial score (nSPS) is 11.2. The third kappa shape index (κ3) is 3.86. The summed E-state index contributed by atoms with van der Waals surface area (Å²) in [5.41, 5.74) is 4.84. The van der Waals surface area contributed by atoms with Gasteiger partial charge in [-0.2, -0.15) is 0 Å². The standard InChI is InChI=1S/C20H21N3O2S/c1-14-8-6-9-18(16(14)3)22-17-11-12-20(21-13-17)23-26(24,25)19-10-5-4-7-15(19)2/h4-13,22H,1-3H3,(H,21,23). The maximum Gasteiger partial charge on any atom is 0.263 e. The smallest absolute Gasteiger partial charge is 0.263 e. The summed E-state index contributed by atoms with van der Waals surface area (Å²) in [4.78, 5) is 4.46. The van der Waals surface area contributed by atoms with Gasteiger partial charge in [0, 0.05) is 5.69 Å². The minimum Gasteiger partial charge on any atom is -0.354 e. The van der Waals surface area contributed by atoms with Crippen molar-refractivity contribution in [2.45, 2.75) is 25.7 Å². The van der Waals surface area contributed by atoms with E-state index < -0.39 is 10.0 Å². The van der Waals surface area contributed by atoms with Crippen molar-refractivity contribution in [3.8, 4) is 0 Å². The van der Waals surface area contributed by atoms with Crippen molar-refractivity contribution in [3.05, 3.63) is 77.5 Å². The molecule has 2 aromatic carbocycles. The fraction of sp³-hybridized carbons (Fsp3) is 0.150. The number of aryl methyl sites for hydroxylation is 2. The van der Waals surface area contributed by atoms with E-state index in [-0.39, 0.29) is 10.7 Å². The van der Waals surface area contributed by atoms with Gasteiger partial charge in [-0.25, -0.2) is 13.4 Å². The molecule has 0 aliphatic heterocycles.